The number of hydrogen-bond donors (Lipinski definition) is 0. The molecule has 0 unspecified atom stereocenters. The number of methoxy groups -OCH3 is 1. The number of amides is 1. The Labute approximate surface area is 171 Å². The molecular weight excluding hydrogens is 364 g/mol. The minimum absolute atomic E-state index is 0.00808. The van der Waals surface area contributed by atoms with E-state index >= 15 is 0 Å². The maximum Gasteiger partial charge on any atom is 0.259 e. The van der Waals surface area contributed by atoms with E-state index in [1.54, 1.807) is 13.3 Å². The molecule has 29 heavy (non-hydrogen) atoms. The Morgan fingerprint density at radius 3 is 2.66 bits per heavy atom. The van der Waals surface area contributed by atoms with Gasteiger partial charge in [-0.25, -0.2) is 9.67 Å². The lowest BCUT2D eigenvalue weighted by atomic mass is 9.99. The predicted molar refractivity (Wildman–Crippen MR) is 115 cm³/mol. The highest BCUT2D eigenvalue weighted by molar-refractivity contribution is 6.13. The van der Waals surface area contributed by atoms with Gasteiger partial charge in [0.15, 0.2) is 5.65 Å². The largest absolute Gasteiger partial charge is 0.497 e. The fraction of sp³-hybridized carbons (Fsp3) is 0.435. The fourth-order valence-corrected chi connectivity index (χ4v) is 3.94. The van der Waals surface area contributed by atoms with Crippen molar-refractivity contribution in [3.8, 4) is 5.75 Å². The normalized spacial score (nSPS) is 14.0. The number of rotatable bonds is 4. The summed E-state index contributed by atoms with van der Waals surface area (Å²) in [6, 6.07) is 8.06. The molecule has 0 N–H and O–H groups in total. The molecule has 6 nitrogen and oxygen atoms in total. The van der Waals surface area contributed by atoms with Gasteiger partial charge in [0.2, 0.25) is 0 Å². The van der Waals surface area contributed by atoms with Gasteiger partial charge >= 0.3 is 0 Å². The third-order valence-corrected chi connectivity index (χ3v) is 5.55. The molecule has 1 aliphatic rings. The molecule has 3 aromatic rings. The monoisotopic (exact) mass is 392 g/mol. The van der Waals surface area contributed by atoms with Crippen LogP contribution in [-0.2, 0) is 6.42 Å². The molecule has 2 aromatic heterocycles. The number of aromatic nitrogens is 3. The second-order valence-corrected chi connectivity index (χ2v) is 8.22. The first-order valence-electron chi connectivity index (χ1n) is 10.3. The van der Waals surface area contributed by atoms with E-state index in [1.807, 2.05) is 33.8 Å². The van der Waals surface area contributed by atoms with Crippen LogP contribution in [0.25, 0.3) is 11.0 Å². The molecule has 152 valence electrons. The first-order chi connectivity index (χ1) is 13.9. The topological polar surface area (TPSA) is 60.2 Å². The Hall–Kier alpha value is -2.89. The van der Waals surface area contributed by atoms with Gasteiger partial charge < -0.3 is 9.64 Å². The second-order valence-electron chi connectivity index (χ2n) is 8.22. The summed E-state index contributed by atoms with van der Waals surface area (Å²) in [4.78, 5) is 20.4. The van der Waals surface area contributed by atoms with Gasteiger partial charge in [-0.3, -0.25) is 4.79 Å². The number of carbonyl (C=O) groups excluding carboxylic acids is 1. The van der Waals surface area contributed by atoms with Crippen molar-refractivity contribution in [3.05, 3.63) is 47.3 Å². The first-order valence-corrected chi connectivity index (χ1v) is 10.3. The summed E-state index contributed by atoms with van der Waals surface area (Å²) in [5.41, 5.74) is 4.48. The highest BCUT2D eigenvalue weighted by Gasteiger charge is 2.27. The molecule has 1 aromatic carbocycles. The van der Waals surface area contributed by atoms with E-state index in [0.717, 1.165) is 46.6 Å². The van der Waals surface area contributed by atoms with Gasteiger partial charge in [0.25, 0.3) is 5.91 Å². The van der Waals surface area contributed by atoms with Crippen LogP contribution in [-0.4, -0.2) is 34.3 Å². The van der Waals surface area contributed by atoms with E-state index in [4.69, 9.17) is 9.72 Å². The van der Waals surface area contributed by atoms with E-state index in [9.17, 15) is 4.79 Å². The molecule has 6 heteroatoms. The molecule has 0 saturated heterocycles. The van der Waals surface area contributed by atoms with Crippen LogP contribution < -0.4 is 9.64 Å². The van der Waals surface area contributed by atoms with Gasteiger partial charge in [-0.05, 0) is 62.4 Å². The average molecular weight is 393 g/mol. The molecule has 0 spiro atoms. The summed E-state index contributed by atoms with van der Waals surface area (Å²) in [6.45, 7) is 9.05. The first kappa shape index (κ1) is 19.4. The van der Waals surface area contributed by atoms with Gasteiger partial charge in [0.1, 0.15) is 5.75 Å². The zero-order chi connectivity index (χ0) is 20.7. The number of hydrogen-bond acceptors (Lipinski definition) is 4. The maximum absolute atomic E-state index is 13.7. The van der Waals surface area contributed by atoms with E-state index in [-0.39, 0.29) is 17.9 Å². The Bertz CT molecular complexity index is 1070. The number of pyridine rings is 1. The van der Waals surface area contributed by atoms with Crippen LogP contribution in [0, 0.1) is 0 Å². The van der Waals surface area contributed by atoms with Gasteiger partial charge in [0.05, 0.1) is 24.3 Å². The quantitative estimate of drug-likeness (QED) is 0.644. The number of anilines is 1. The summed E-state index contributed by atoms with van der Waals surface area (Å²) in [7, 11) is 1.67. The van der Waals surface area contributed by atoms with Crippen molar-refractivity contribution in [2.75, 3.05) is 18.6 Å². The zero-order valence-corrected chi connectivity index (χ0v) is 17.8. The second kappa shape index (κ2) is 7.50. The molecule has 3 heterocycles. The lowest BCUT2D eigenvalue weighted by Gasteiger charge is -2.30. The lowest BCUT2D eigenvalue weighted by Crippen LogP contribution is -2.35. The number of aryl methyl sites for hydroxylation is 1. The Morgan fingerprint density at radius 2 is 1.97 bits per heavy atom. The molecule has 1 amide bonds. The Morgan fingerprint density at radius 1 is 1.17 bits per heavy atom. The highest BCUT2D eigenvalue weighted by Crippen LogP contribution is 2.33. The number of ether oxygens (including phenoxy) is 1. The standard InChI is InChI=1S/C23H28N4O2/c1-14(2)20-12-18(19-13-24-27(15(3)4)22(19)25-20)23(28)26-10-6-7-16-11-17(29-5)8-9-21(16)26/h8-9,11-15H,6-7,10H2,1-5H3. The summed E-state index contributed by atoms with van der Waals surface area (Å²) in [6.07, 6.45) is 3.66. The summed E-state index contributed by atoms with van der Waals surface area (Å²) >= 11 is 0. The molecule has 0 radical (unpaired) electrons. The van der Waals surface area contributed by atoms with Gasteiger partial charge in [-0.15, -0.1) is 0 Å². The van der Waals surface area contributed by atoms with Crippen molar-refractivity contribution in [1.82, 2.24) is 14.8 Å². The number of nitrogens with zero attached hydrogens (tertiary/aromatic N) is 4. The summed E-state index contributed by atoms with van der Waals surface area (Å²) < 4.78 is 7.26. The van der Waals surface area contributed by atoms with Crippen molar-refractivity contribution < 1.29 is 9.53 Å². The van der Waals surface area contributed by atoms with Crippen LogP contribution in [0.4, 0.5) is 5.69 Å². The van der Waals surface area contributed by atoms with Crippen LogP contribution >= 0.6 is 0 Å². The highest BCUT2D eigenvalue weighted by atomic mass is 16.5. The molecule has 0 aliphatic carbocycles. The Kier molecular flexibility index (Phi) is 5.03. The fourth-order valence-electron chi connectivity index (χ4n) is 3.94. The number of benzene rings is 1. The Balaban J connectivity index is 1.84. The SMILES string of the molecule is COc1ccc2c(c1)CCCN2C(=O)c1cc(C(C)C)nc2c1cnn2C(C)C. The summed E-state index contributed by atoms with van der Waals surface area (Å²) in [5, 5.41) is 5.33. The lowest BCUT2D eigenvalue weighted by molar-refractivity contribution is 0.0986. The van der Waals surface area contributed by atoms with Gasteiger partial charge in [0, 0.05) is 24.0 Å². The molecule has 0 saturated carbocycles. The molecule has 0 atom stereocenters. The van der Waals surface area contributed by atoms with Crippen LogP contribution in [0.5, 0.6) is 5.75 Å². The summed E-state index contributed by atoms with van der Waals surface area (Å²) in [5.74, 6) is 1.05. The van der Waals surface area contributed by atoms with Crippen molar-refractivity contribution in [2.24, 2.45) is 0 Å². The molecule has 4 rings (SSSR count). The van der Waals surface area contributed by atoms with Crippen molar-refractivity contribution in [1.29, 1.82) is 0 Å². The number of fused-ring (bicyclic) bond motifs is 2. The smallest absolute Gasteiger partial charge is 0.259 e. The van der Waals surface area contributed by atoms with E-state index in [1.165, 1.54) is 0 Å². The molecule has 0 fully saturated rings. The van der Waals surface area contributed by atoms with E-state index in [2.05, 4.69) is 32.8 Å². The maximum atomic E-state index is 13.7. The van der Waals surface area contributed by atoms with Crippen molar-refractivity contribution >= 4 is 22.6 Å². The average Bonchev–Trinajstić information content (AvgIpc) is 3.16. The third-order valence-electron chi connectivity index (χ3n) is 5.55. The van der Waals surface area contributed by atoms with Crippen molar-refractivity contribution in [3.63, 3.8) is 0 Å². The molecule has 0 bridgehead atoms. The number of carbonyl (C=O) groups is 1. The van der Waals surface area contributed by atoms with Gasteiger partial charge in [-0.1, -0.05) is 13.8 Å². The molecular formula is C23H28N4O2. The van der Waals surface area contributed by atoms with Crippen molar-refractivity contribution in [2.45, 2.75) is 52.5 Å². The predicted octanol–water partition coefficient (Wildman–Crippen LogP) is 4.74. The molecule has 1 aliphatic heterocycles. The van der Waals surface area contributed by atoms with E-state index in [0.29, 0.717) is 12.1 Å². The van der Waals surface area contributed by atoms with Crippen LogP contribution in [0.2, 0.25) is 0 Å². The minimum Gasteiger partial charge on any atom is -0.497 e. The van der Waals surface area contributed by atoms with E-state index < -0.39 is 0 Å². The van der Waals surface area contributed by atoms with Crippen LogP contribution in [0.1, 0.15) is 67.7 Å². The van der Waals surface area contributed by atoms with Crippen LogP contribution in [0.3, 0.4) is 0 Å². The third kappa shape index (κ3) is 3.37. The zero-order valence-electron chi connectivity index (χ0n) is 17.8. The van der Waals surface area contributed by atoms with Gasteiger partial charge in [-0.2, -0.15) is 5.10 Å². The minimum atomic E-state index is 0.00808. The van der Waals surface area contributed by atoms with Crippen LogP contribution in [0.15, 0.2) is 30.5 Å².